The Kier molecular flexibility index (Phi) is 2.90. The number of rotatable bonds is 1. The van der Waals surface area contributed by atoms with Gasteiger partial charge in [-0.1, -0.05) is 24.3 Å². The smallest absolute Gasteiger partial charge is 0.227 e. The predicted octanol–water partition coefficient (Wildman–Crippen LogP) is 3.21. The van der Waals surface area contributed by atoms with E-state index in [2.05, 4.69) is 6.08 Å². The number of hydrogen-bond donors (Lipinski definition) is 0. The first kappa shape index (κ1) is 11.5. The van der Waals surface area contributed by atoms with Crippen LogP contribution >= 0.6 is 0 Å². The molecule has 94 valence electrons. The van der Waals surface area contributed by atoms with Crippen molar-refractivity contribution in [3.8, 4) is 0 Å². The summed E-state index contributed by atoms with van der Waals surface area (Å²) in [6.45, 7) is 0. The van der Waals surface area contributed by atoms with Gasteiger partial charge in [-0.3, -0.25) is 4.79 Å². The van der Waals surface area contributed by atoms with Crippen molar-refractivity contribution in [1.82, 2.24) is 4.90 Å². The largest absolute Gasteiger partial charge is 0.329 e. The molecule has 3 heteroatoms. The molecule has 2 atom stereocenters. The lowest BCUT2D eigenvalue weighted by molar-refractivity contribution is -0.137. The molecule has 3 rings (SSSR count). The van der Waals surface area contributed by atoms with E-state index < -0.39 is 0 Å². The Labute approximate surface area is 106 Å². The number of fused-ring (bicyclic) bond motifs is 1. The lowest BCUT2D eigenvalue weighted by Gasteiger charge is -2.43. The minimum absolute atomic E-state index is 0.0388. The Balaban J connectivity index is 1.95. The van der Waals surface area contributed by atoms with E-state index in [-0.39, 0.29) is 23.8 Å². The van der Waals surface area contributed by atoms with Gasteiger partial charge in [-0.05, 0) is 37.0 Å². The second-order valence-corrected chi connectivity index (χ2v) is 5.00. The van der Waals surface area contributed by atoms with Crippen molar-refractivity contribution in [2.45, 2.75) is 37.8 Å². The van der Waals surface area contributed by atoms with Crippen LogP contribution in [0.4, 0.5) is 4.39 Å². The van der Waals surface area contributed by atoms with Crippen LogP contribution in [0.3, 0.4) is 0 Å². The summed E-state index contributed by atoms with van der Waals surface area (Å²) < 4.78 is 13.3. The predicted molar refractivity (Wildman–Crippen MR) is 67.4 cm³/mol. The maximum absolute atomic E-state index is 13.3. The average Bonchev–Trinajstić information content (AvgIpc) is 2.38. The second-order valence-electron chi connectivity index (χ2n) is 5.00. The van der Waals surface area contributed by atoms with Gasteiger partial charge < -0.3 is 4.90 Å². The van der Waals surface area contributed by atoms with Gasteiger partial charge in [0, 0.05) is 6.42 Å². The van der Waals surface area contributed by atoms with Gasteiger partial charge in [-0.15, -0.1) is 0 Å². The summed E-state index contributed by atoms with van der Waals surface area (Å²) in [7, 11) is 0. The fourth-order valence-electron chi connectivity index (χ4n) is 3.05. The van der Waals surface area contributed by atoms with Gasteiger partial charge in [0.25, 0.3) is 0 Å². The van der Waals surface area contributed by atoms with E-state index in [0.717, 1.165) is 24.8 Å². The van der Waals surface area contributed by atoms with Crippen molar-refractivity contribution in [1.29, 1.82) is 0 Å². The number of benzene rings is 1. The first-order chi connectivity index (χ1) is 8.75. The van der Waals surface area contributed by atoms with E-state index in [1.54, 1.807) is 12.1 Å². The number of carbonyl (C=O) groups is 1. The summed E-state index contributed by atoms with van der Waals surface area (Å²) in [6.07, 6.45) is 7.58. The van der Waals surface area contributed by atoms with Crippen LogP contribution in [0.2, 0.25) is 0 Å². The van der Waals surface area contributed by atoms with Crippen LogP contribution in [0.5, 0.6) is 0 Å². The minimum atomic E-state index is -0.227. The summed E-state index contributed by atoms with van der Waals surface area (Å²) in [5.41, 5.74) is 0.920. The van der Waals surface area contributed by atoms with Crippen LogP contribution in [0.25, 0.3) is 0 Å². The van der Waals surface area contributed by atoms with Crippen LogP contribution in [-0.2, 0) is 4.79 Å². The molecule has 0 aliphatic carbocycles. The molecule has 0 N–H and O–H groups in total. The Hall–Kier alpha value is -1.64. The normalized spacial score (nSPS) is 27.2. The topological polar surface area (TPSA) is 20.3 Å². The van der Waals surface area contributed by atoms with Gasteiger partial charge in [0.05, 0.1) is 12.1 Å². The molecule has 2 aliphatic heterocycles. The number of carbonyl (C=O) groups excluding carboxylic acids is 1. The Morgan fingerprint density at radius 2 is 2.17 bits per heavy atom. The Morgan fingerprint density at radius 3 is 3.00 bits per heavy atom. The van der Waals surface area contributed by atoms with E-state index in [4.69, 9.17) is 0 Å². The van der Waals surface area contributed by atoms with Gasteiger partial charge in [0.1, 0.15) is 5.82 Å². The lowest BCUT2D eigenvalue weighted by Crippen LogP contribution is -2.46. The molecule has 2 unspecified atom stereocenters. The lowest BCUT2D eigenvalue weighted by atomic mass is 9.88. The van der Waals surface area contributed by atoms with E-state index >= 15 is 0 Å². The number of hydrogen-bond acceptors (Lipinski definition) is 1. The van der Waals surface area contributed by atoms with E-state index in [1.165, 1.54) is 6.07 Å². The molecule has 0 saturated carbocycles. The van der Waals surface area contributed by atoms with Gasteiger partial charge in [0.2, 0.25) is 5.91 Å². The number of nitrogens with zero attached hydrogens (tertiary/aromatic N) is 1. The Bertz CT molecular complexity index is 497. The van der Waals surface area contributed by atoms with Gasteiger partial charge in [0.15, 0.2) is 0 Å². The first-order valence-electron chi connectivity index (χ1n) is 6.49. The molecule has 0 bridgehead atoms. The third-order valence-electron chi connectivity index (χ3n) is 3.84. The van der Waals surface area contributed by atoms with Crippen molar-refractivity contribution in [3.63, 3.8) is 0 Å². The number of piperidine rings is 1. The number of amides is 1. The molecular formula is C15H16FNO. The minimum Gasteiger partial charge on any atom is -0.329 e. The zero-order chi connectivity index (χ0) is 12.5. The van der Waals surface area contributed by atoms with Crippen molar-refractivity contribution in [2.24, 2.45) is 0 Å². The summed E-state index contributed by atoms with van der Waals surface area (Å²) >= 11 is 0. The standard InChI is InChI=1S/C15H16FNO/c16-12-5-1-4-11(10-12)14-8-2-6-13-7-3-9-15(18)17(13)14/h1,3-5,7,10,13-14H,2,6,8-9H2. The van der Waals surface area contributed by atoms with Crippen molar-refractivity contribution >= 4 is 5.91 Å². The average molecular weight is 245 g/mol. The molecule has 2 aliphatic rings. The summed E-state index contributed by atoms with van der Waals surface area (Å²) in [5, 5.41) is 0. The maximum atomic E-state index is 13.3. The summed E-state index contributed by atoms with van der Waals surface area (Å²) in [6, 6.07) is 6.88. The zero-order valence-electron chi connectivity index (χ0n) is 10.2. The molecule has 1 amide bonds. The summed E-state index contributed by atoms with van der Waals surface area (Å²) in [5.74, 6) is -0.0638. The molecule has 2 nitrogen and oxygen atoms in total. The highest BCUT2D eigenvalue weighted by molar-refractivity contribution is 5.80. The fraction of sp³-hybridized carbons (Fsp3) is 0.400. The molecule has 0 spiro atoms. The SMILES string of the molecule is O=C1CC=CC2CCCC(c3cccc(F)c3)N12. The zero-order valence-corrected chi connectivity index (χ0v) is 10.2. The maximum Gasteiger partial charge on any atom is 0.227 e. The van der Waals surface area contributed by atoms with Crippen LogP contribution < -0.4 is 0 Å². The molecule has 1 aromatic rings. The highest BCUT2D eigenvalue weighted by atomic mass is 19.1. The molecule has 0 radical (unpaired) electrons. The highest BCUT2D eigenvalue weighted by Crippen LogP contribution is 2.37. The van der Waals surface area contributed by atoms with Gasteiger partial charge in [-0.25, -0.2) is 4.39 Å². The fourth-order valence-corrected chi connectivity index (χ4v) is 3.05. The quantitative estimate of drug-likeness (QED) is 0.696. The van der Waals surface area contributed by atoms with Crippen LogP contribution in [0, 0.1) is 5.82 Å². The number of halogens is 1. The van der Waals surface area contributed by atoms with Crippen LogP contribution in [0.15, 0.2) is 36.4 Å². The summed E-state index contributed by atoms with van der Waals surface area (Å²) in [4.78, 5) is 14.0. The molecular weight excluding hydrogens is 229 g/mol. The highest BCUT2D eigenvalue weighted by Gasteiger charge is 2.34. The monoisotopic (exact) mass is 245 g/mol. The van der Waals surface area contributed by atoms with Crippen molar-refractivity contribution < 1.29 is 9.18 Å². The van der Waals surface area contributed by atoms with E-state index in [0.29, 0.717) is 6.42 Å². The first-order valence-corrected chi connectivity index (χ1v) is 6.49. The van der Waals surface area contributed by atoms with Crippen LogP contribution in [-0.4, -0.2) is 16.8 Å². The molecule has 1 aromatic carbocycles. The molecule has 1 fully saturated rings. The third kappa shape index (κ3) is 1.94. The molecule has 18 heavy (non-hydrogen) atoms. The molecule has 0 aromatic heterocycles. The van der Waals surface area contributed by atoms with Crippen LogP contribution in [0.1, 0.15) is 37.3 Å². The second kappa shape index (κ2) is 4.56. The third-order valence-corrected chi connectivity index (χ3v) is 3.84. The van der Waals surface area contributed by atoms with Crippen molar-refractivity contribution in [2.75, 3.05) is 0 Å². The van der Waals surface area contributed by atoms with Gasteiger partial charge in [-0.2, -0.15) is 0 Å². The van der Waals surface area contributed by atoms with E-state index in [9.17, 15) is 9.18 Å². The molecule has 1 saturated heterocycles. The van der Waals surface area contributed by atoms with E-state index in [1.807, 2.05) is 17.0 Å². The molecule has 2 heterocycles. The van der Waals surface area contributed by atoms with Gasteiger partial charge >= 0.3 is 0 Å². The Morgan fingerprint density at radius 1 is 1.28 bits per heavy atom. The van der Waals surface area contributed by atoms with Crippen molar-refractivity contribution in [3.05, 3.63) is 47.8 Å².